The lowest BCUT2D eigenvalue weighted by molar-refractivity contribution is 0.252. The fourth-order valence-electron chi connectivity index (χ4n) is 3.67. The van der Waals surface area contributed by atoms with Crippen LogP contribution in [-0.2, 0) is 35.7 Å². The number of fused-ring (bicyclic) bond motifs is 2. The largest absolute Gasteiger partial charge is 0.333 e. The van der Waals surface area contributed by atoms with Crippen LogP contribution in [0.5, 0.6) is 0 Å². The Morgan fingerprint density at radius 2 is 1.63 bits per heavy atom. The zero-order valence-corrected chi connectivity index (χ0v) is 17.4. The van der Waals surface area contributed by atoms with Gasteiger partial charge in [-0.1, -0.05) is 12.1 Å². The van der Waals surface area contributed by atoms with E-state index in [2.05, 4.69) is 16.1 Å². The smallest absolute Gasteiger partial charge is 0.307 e. The van der Waals surface area contributed by atoms with E-state index in [1.54, 1.807) is 6.08 Å². The number of amides is 2. The molecule has 0 aromatic heterocycles. The van der Waals surface area contributed by atoms with Gasteiger partial charge in [-0.25, -0.2) is 17.9 Å². The Labute approximate surface area is 162 Å². The zero-order valence-electron chi connectivity index (χ0n) is 16.6. The predicted molar refractivity (Wildman–Crippen MR) is 108 cm³/mol. The monoisotopic (exact) mass is 391 g/mol. The van der Waals surface area contributed by atoms with Gasteiger partial charge in [0.2, 0.25) is 0 Å². The van der Waals surface area contributed by atoms with Crippen LogP contribution in [0.25, 0.3) is 0 Å². The molecule has 0 fully saturated rings. The van der Waals surface area contributed by atoms with E-state index in [0.717, 1.165) is 49.6 Å². The minimum Gasteiger partial charge on any atom is -0.307 e. The number of hydrogen-bond acceptors (Lipinski definition) is 4. The Balaban J connectivity index is 1.77. The first kappa shape index (κ1) is 19.9. The van der Waals surface area contributed by atoms with Crippen LogP contribution >= 0.6 is 0 Å². The molecule has 0 saturated heterocycles. The summed E-state index contributed by atoms with van der Waals surface area (Å²) < 4.78 is 26.7. The third kappa shape index (κ3) is 4.35. The number of urea groups is 1. The molecule has 0 unspecified atom stereocenters. The van der Waals surface area contributed by atoms with E-state index in [1.807, 2.05) is 32.8 Å². The van der Waals surface area contributed by atoms with Gasteiger partial charge in [0, 0.05) is 16.6 Å². The summed E-state index contributed by atoms with van der Waals surface area (Å²) in [6.45, 7) is 3.80. The van der Waals surface area contributed by atoms with E-state index in [4.69, 9.17) is 0 Å². The number of rotatable bonds is 5. The lowest BCUT2D eigenvalue weighted by Crippen LogP contribution is -2.37. The lowest BCUT2D eigenvalue weighted by atomic mass is 9.99. The van der Waals surface area contributed by atoms with Crippen LogP contribution in [-0.4, -0.2) is 39.0 Å². The lowest BCUT2D eigenvalue weighted by Gasteiger charge is -2.28. The Morgan fingerprint density at radius 3 is 2.15 bits per heavy atom. The number of nitrogens with zero attached hydrogens (tertiary/aromatic N) is 1. The van der Waals surface area contributed by atoms with Crippen LogP contribution in [0.3, 0.4) is 0 Å². The van der Waals surface area contributed by atoms with Gasteiger partial charge in [-0.3, -0.25) is 0 Å². The van der Waals surface area contributed by atoms with E-state index in [0.29, 0.717) is 0 Å². The number of benzene rings is 1. The van der Waals surface area contributed by atoms with Crippen molar-refractivity contribution in [2.24, 2.45) is 0 Å². The van der Waals surface area contributed by atoms with Crippen LogP contribution in [0.15, 0.2) is 17.6 Å². The number of anilines is 1. The van der Waals surface area contributed by atoms with E-state index < -0.39 is 21.6 Å². The highest BCUT2D eigenvalue weighted by atomic mass is 32.2. The second-order valence-electron chi connectivity index (χ2n) is 8.19. The molecule has 2 amide bonds. The van der Waals surface area contributed by atoms with Gasteiger partial charge in [-0.05, 0) is 88.7 Å². The SMILES string of the molecule is CN(C)C(C)(C)/C=C/S(=O)(=O)NC(=O)Nc1c2c(cc3c1CCC3)CCC2. The fourth-order valence-corrected chi connectivity index (χ4v) is 4.56. The van der Waals surface area contributed by atoms with E-state index in [1.165, 1.54) is 22.3 Å². The molecule has 0 heterocycles. The van der Waals surface area contributed by atoms with Gasteiger partial charge < -0.3 is 10.2 Å². The van der Waals surface area contributed by atoms with Crippen LogP contribution in [0.2, 0.25) is 0 Å². The van der Waals surface area contributed by atoms with Gasteiger partial charge in [-0.2, -0.15) is 0 Å². The third-order valence-corrected chi connectivity index (χ3v) is 6.72. The summed E-state index contributed by atoms with van der Waals surface area (Å²) in [6.07, 6.45) is 7.65. The van der Waals surface area contributed by atoms with Gasteiger partial charge in [-0.15, -0.1) is 0 Å². The highest BCUT2D eigenvalue weighted by molar-refractivity contribution is 7.92. The Hall–Kier alpha value is -1.86. The molecule has 0 spiro atoms. The molecule has 0 aliphatic heterocycles. The molecular weight excluding hydrogens is 362 g/mol. The summed E-state index contributed by atoms with van der Waals surface area (Å²) in [6, 6.07) is 1.58. The minimum atomic E-state index is -3.87. The van der Waals surface area contributed by atoms with Crippen molar-refractivity contribution >= 4 is 21.7 Å². The third-order valence-electron chi connectivity index (χ3n) is 5.75. The Morgan fingerprint density at radius 1 is 1.07 bits per heavy atom. The molecule has 2 N–H and O–H groups in total. The van der Waals surface area contributed by atoms with E-state index in [-0.39, 0.29) is 0 Å². The minimum absolute atomic E-state index is 0.438. The number of aryl methyl sites for hydroxylation is 2. The summed E-state index contributed by atoms with van der Waals surface area (Å²) in [5.41, 5.74) is 5.33. The van der Waals surface area contributed by atoms with Gasteiger partial charge in [0.1, 0.15) is 0 Å². The first-order valence-electron chi connectivity index (χ1n) is 9.46. The van der Waals surface area contributed by atoms with Crippen LogP contribution < -0.4 is 10.0 Å². The molecule has 0 atom stereocenters. The summed E-state index contributed by atoms with van der Waals surface area (Å²) in [5.74, 6) is 0. The van der Waals surface area contributed by atoms with Gasteiger partial charge in [0.15, 0.2) is 0 Å². The molecule has 3 rings (SSSR count). The Kier molecular flexibility index (Phi) is 5.36. The quantitative estimate of drug-likeness (QED) is 0.809. The second kappa shape index (κ2) is 7.28. The van der Waals surface area contributed by atoms with Crippen molar-refractivity contribution in [1.29, 1.82) is 0 Å². The molecule has 7 heteroatoms. The van der Waals surface area contributed by atoms with Gasteiger partial charge >= 0.3 is 6.03 Å². The summed E-state index contributed by atoms with van der Waals surface area (Å²) in [5, 5.41) is 3.91. The highest BCUT2D eigenvalue weighted by Crippen LogP contribution is 2.38. The molecule has 148 valence electrons. The normalized spacial score (nSPS) is 16.6. The summed E-state index contributed by atoms with van der Waals surface area (Å²) in [4.78, 5) is 14.3. The maximum absolute atomic E-state index is 12.4. The van der Waals surface area contributed by atoms with Crippen LogP contribution in [0, 0.1) is 0 Å². The van der Waals surface area contributed by atoms with Crippen molar-refractivity contribution in [3.8, 4) is 0 Å². The average Bonchev–Trinajstić information content (AvgIpc) is 3.21. The van der Waals surface area contributed by atoms with Crippen molar-refractivity contribution < 1.29 is 13.2 Å². The summed E-state index contributed by atoms with van der Waals surface area (Å²) >= 11 is 0. The maximum atomic E-state index is 12.4. The van der Waals surface area contributed by atoms with E-state index in [9.17, 15) is 13.2 Å². The molecular formula is C20H29N3O3S. The Bertz CT molecular complexity index is 854. The molecule has 6 nitrogen and oxygen atoms in total. The van der Waals surface area contributed by atoms with Crippen molar-refractivity contribution in [2.45, 2.75) is 57.9 Å². The van der Waals surface area contributed by atoms with E-state index >= 15 is 0 Å². The zero-order chi connectivity index (χ0) is 19.8. The number of nitrogens with one attached hydrogen (secondary N) is 2. The first-order chi connectivity index (χ1) is 12.6. The first-order valence-corrected chi connectivity index (χ1v) is 11.0. The molecule has 27 heavy (non-hydrogen) atoms. The number of likely N-dealkylation sites (N-methyl/N-ethyl adjacent to an activating group) is 1. The van der Waals surface area contributed by atoms with Crippen molar-refractivity contribution in [1.82, 2.24) is 9.62 Å². The predicted octanol–water partition coefficient (Wildman–Crippen LogP) is 2.97. The standard InChI is InChI=1S/C20H29N3O3S/c1-20(2,23(3)4)11-12-27(25,26)22-19(24)21-18-16-9-5-7-14(16)13-15-8-6-10-17(15)18/h11-13H,5-10H2,1-4H3,(H2,21,22,24)/b12-11+. The second-order valence-corrected chi connectivity index (χ2v) is 9.75. The molecule has 2 aliphatic carbocycles. The van der Waals surface area contributed by atoms with Crippen LogP contribution in [0.1, 0.15) is 48.9 Å². The number of sulfonamides is 1. The number of carbonyl (C=O) groups excluding carboxylic acids is 1. The molecule has 1 aromatic rings. The van der Waals surface area contributed by atoms with Crippen molar-refractivity contribution in [3.63, 3.8) is 0 Å². The maximum Gasteiger partial charge on any atom is 0.333 e. The van der Waals surface area contributed by atoms with Crippen molar-refractivity contribution in [2.75, 3.05) is 19.4 Å². The summed E-state index contributed by atoms with van der Waals surface area (Å²) in [7, 11) is -0.128. The van der Waals surface area contributed by atoms with Crippen molar-refractivity contribution in [3.05, 3.63) is 39.8 Å². The number of carbonyl (C=O) groups is 1. The molecule has 2 aliphatic rings. The number of hydrogen-bond donors (Lipinski definition) is 2. The molecule has 1 aromatic carbocycles. The fraction of sp³-hybridized carbons (Fsp3) is 0.550. The van der Waals surface area contributed by atoms with Gasteiger partial charge in [0.05, 0.1) is 0 Å². The molecule has 0 bridgehead atoms. The van der Waals surface area contributed by atoms with Gasteiger partial charge in [0.25, 0.3) is 10.0 Å². The highest BCUT2D eigenvalue weighted by Gasteiger charge is 2.26. The molecule has 0 saturated carbocycles. The average molecular weight is 392 g/mol. The molecule has 0 radical (unpaired) electrons. The topological polar surface area (TPSA) is 78.5 Å². The van der Waals surface area contributed by atoms with Crippen LogP contribution in [0.4, 0.5) is 10.5 Å².